The summed E-state index contributed by atoms with van der Waals surface area (Å²) >= 11 is 3.52. The SMILES string of the molecule is CCCN1CCN(CCC(C)CCBr)CC1. The van der Waals surface area contributed by atoms with Crippen LogP contribution in [0.5, 0.6) is 0 Å². The van der Waals surface area contributed by atoms with E-state index in [-0.39, 0.29) is 0 Å². The maximum absolute atomic E-state index is 3.52. The lowest BCUT2D eigenvalue weighted by molar-refractivity contribution is 0.127. The summed E-state index contributed by atoms with van der Waals surface area (Å²) in [5.41, 5.74) is 0. The first-order chi connectivity index (χ1) is 7.76. The first-order valence-corrected chi connectivity index (χ1v) is 7.89. The van der Waals surface area contributed by atoms with Gasteiger partial charge in [-0.25, -0.2) is 0 Å². The van der Waals surface area contributed by atoms with Crippen LogP contribution in [0.4, 0.5) is 0 Å². The van der Waals surface area contributed by atoms with Crippen molar-refractivity contribution < 1.29 is 0 Å². The third-order valence-electron chi connectivity index (χ3n) is 3.54. The van der Waals surface area contributed by atoms with Crippen molar-refractivity contribution in [3.05, 3.63) is 0 Å². The van der Waals surface area contributed by atoms with Crippen molar-refractivity contribution in [1.29, 1.82) is 0 Å². The van der Waals surface area contributed by atoms with Crippen molar-refractivity contribution in [2.45, 2.75) is 33.1 Å². The van der Waals surface area contributed by atoms with Crippen LogP contribution in [0.1, 0.15) is 33.1 Å². The Balaban J connectivity index is 2.07. The second-order valence-electron chi connectivity index (χ2n) is 5.05. The average Bonchev–Trinajstić information content (AvgIpc) is 2.29. The smallest absolute Gasteiger partial charge is 0.0110 e. The highest BCUT2D eigenvalue weighted by Crippen LogP contribution is 2.11. The Morgan fingerprint density at radius 2 is 1.56 bits per heavy atom. The van der Waals surface area contributed by atoms with Gasteiger partial charge < -0.3 is 9.80 Å². The van der Waals surface area contributed by atoms with Crippen LogP contribution in [-0.4, -0.2) is 54.4 Å². The van der Waals surface area contributed by atoms with Crippen LogP contribution in [0.25, 0.3) is 0 Å². The molecule has 0 radical (unpaired) electrons. The molecule has 1 rings (SSSR count). The first kappa shape index (κ1) is 14.5. The molecule has 1 aliphatic rings. The minimum Gasteiger partial charge on any atom is -0.301 e. The molecule has 0 aromatic carbocycles. The van der Waals surface area contributed by atoms with Crippen LogP contribution in [0.3, 0.4) is 0 Å². The molecule has 0 aromatic rings. The highest BCUT2D eigenvalue weighted by Gasteiger charge is 2.16. The number of alkyl halides is 1. The first-order valence-electron chi connectivity index (χ1n) is 6.77. The normalized spacial score (nSPS) is 21.2. The van der Waals surface area contributed by atoms with E-state index in [0.29, 0.717) is 0 Å². The summed E-state index contributed by atoms with van der Waals surface area (Å²) in [7, 11) is 0. The van der Waals surface area contributed by atoms with E-state index in [0.717, 1.165) is 11.2 Å². The molecular weight excluding hydrogens is 264 g/mol. The zero-order valence-corrected chi connectivity index (χ0v) is 12.5. The summed E-state index contributed by atoms with van der Waals surface area (Å²) in [4.78, 5) is 5.23. The largest absolute Gasteiger partial charge is 0.301 e. The molecule has 3 heteroatoms. The molecule has 0 aliphatic carbocycles. The number of halogens is 1. The molecule has 0 spiro atoms. The Morgan fingerprint density at radius 1 is 1.00 bits per heavy atom. The molecule has 0 amide bonds. The Morgan fingerprint density at radius 3 is 2.06 bits per heavy atom. The fourth-order valence-electron chi connectivity index (χ4n) is 2.29. The summed E-state index contributed by atoms with van der Waals surface area (Å²) < 4.78 is 0. The highest BCUT2D eigenvalue weighted by molar-refractivity contribution is 9.09. The van der Waals surface area contributed by atoms with Gasteiger partial charge in [-0.1, -0.05) is 29.8 Å². The van der Waals surface area contributed by atoms with Crippen molar-refractivity contribution >= 4 is 15.9 Å². The number of piperazine rings is 1. The quantitative estimate of drug-likeness (QED) is 0.666. The molecule has 1 atom stereocenters. The topological polar surface area (TPSA) is 6.48 Å². The third-order valence-corrected chi connectivity index (χ3v) is 4.00. The van der Waals surface area contributed by atoms with Gasteiger partial charge in [-0.05, 0) is 38.3 Å². The van der Waals surface area contributed by atoms with Crippen LogP contribution in [-0.2, 0) is 0 Å². The van der Waals surface area contributed by atoms with E-state index < -0.39 is 0 Å². The van der Waals surface area contributed by atoms with Gasteiger partial charge in [0.25, 0.3) is 0 Å². The minimum absolute atomic E-state index is 0.869. The van der Waals surface area contributed by atoms with Crippen LogP contribution >= 0.6 is 15.9 Å². The van der Waals surface area contributed by atoms with E-state index >= 15 is 0 Å². The predicted molar refractivity (Wildman–Crippen MR) is 75.4 cm³/mol. The van der Waals surface area contributed by atoms with E-state index in [1.807, 2.05) is 0 Å². The molecule has 1 unspecified atom stereocenters. The van der Waals surface area contributed by atoms with Gasteiger partial charge in [-0.3, -0.25) is 0 Å². The zero-order valence-electron chi connectivity index (χ0n) is 10.9. The molecule has 1 fully saturated rings. The minimum atomic E-state index is 0.869. The maximum atomic E-state index is 3.52. The Hall–Kier alpha value is 0.400. The van der Waals surface area contributed by atoms with Crippen molar-refractivity contribution in [1.82, 2.24) is 9.80 Å². The molecule has 1 aliphatic heterocycles. The summed E-state index contributed by atoms with van der Waals surface area (Å²) in [5, 5.41) is 1.15. The van der Waals surface area contributed by atoms with E-state index in [2.05, 4.69) is 39.6 Å². The lowest BCUT2D eigenvalue weighted by Gasteiger charge is -2.34. The second-order valence-corrected chi connectivity index (χ2v) is 5.85. The molecular formula is C13H27BrN2. The van der Waals surface area contributed by atoms with Crippen molar-refractivity contribution in [2.24, 2.45) is 5.92 Å². The van der Waals surface area contributed by atoms with Gasteiger partial charge in [0, 0.05) is 31.5 Å². The molecule has 16 heavy (non-hydrogen) atoms. The summed E-state index contributed by atoms with van der Waals surface area (Å²) in [6, 6.07) is 0. The molecule has 2 nitrogen and oxygen atoms in total. The summed E-state index contributed by atoms with van der Waals surface area (Å²) in [5.74, 6) is 0.869. The molecule has 0 aromatic heterocycles. The lowest BCUT2D eigenvalue weighted by Crippen LogP contribution is -2.46. The number of rotatable bonds is 7. The van der Waals surface area contributed by atoms with Crippen molar-refractivity contribution in [3.63, 3.8) is 0 Å². The number of hydrogen-bond donors (Lipinski definition) is 0. The monoisotopic (exact) mass is 290 g/mol. The van der Waals surface area contributed by atoms with Crippen LogP contribution in [0, 0.1) is 5.92 Å². The molecule has 96 valence electrons. The molecule has 0 bridgehead atoms. The molecule has 1 saturated heterocycles. The summed E-state index contributed by atoms with van der Waals surface area (Å²) in [6.45, 7) is 12.3. The van der Waals surface area contributed by atoms with Crippen LogP contribution in [0.2, 0.25) is 0 Å². The van der Waals surface area contributed by atoms with E-state index in [4.69, 9.17) is 0 Å². The standard InChI is InChI=1S/C13H27BrN2/c1-3-7-15-9-11-16(12-10-15)8-5-13(2)4-6-14/h13H,3-12H2,1-2H3. The van der Waals surface area contributed by atoms with E-state index in [1.165, 1.54) is 58.5 Å². The van der Waals surface area contributed by atoms with Gasteiger partial charge in [-0.2, -0.15) is 0 Å². The predicted octanol–water partition coefficient (Wildman–Crippen LogP) is 2.83. The average molecular weight is 291 g/mol. The zero-order chi connectivity index (χ0) is 11.8. The van der Waals surface area contributed by atoms with Gasteiger partial charge in [0.15, 0.2) is 0 Å². The van der Waals surface area contributed by atoms with Gasteiger partial charge in [0.2, 0.25) is 0 Å². The third kappa shape index (κ3) is 5.65. The summed E-state index contributed by atoms with van der Waals surface area (Å²) in [6.07, 6.45) is 3.97. The van der Waals surface area contributed by atoms with Crippen molar-refractivity contribution in [3.8, 4) is 0 Å². The maximum Gasteiger partial charge on any atom is 0.0110 e. The second kappa shape index (κ2) is 8.48. The van der Waals surface area contributed by atoms with Crippen LogP contribution in [0.15, 0.2) is 0 Å². The van der Waals surface area contributed by atoms with Gasteiger partial charge in [0.05, 0.1) is 0 Å². The number of hydrogen-bond acceptors (Lipinski definition) is 2. The van der Waals surface area contributed by atoms with Gasteiger partial charge in [0.1, 0.15) is 0 Å². The van der Waals surface area contributed by atoms with E-state index in [1.54, 1.807) is 0 Å². The van der Waals surface area contributed by atoms with Crippen LogP contribution < -0.4 is 0 Å². The van der Waals surface area contributed by atoms with Gasteiger partial charge >= 0.3 is 0 Å². The Kier molecular flexibility index (Phi) is 7.67. The van der Waals surface area contributed by atoms with Gasteiger partial charge in [-0.15, -0.1) is 0 Å². The lowest BCUT2D eigenvalue weighted by atomic mass is 10.0. The fraction of sp³-hybridized carbons (Fsp3) is 1.00. The highest BCUT2D eigenvalue weighted by atomic mass is 79.9. The Labute approximate surface area is 109 Å². The molecule has 0 N–H and O–H groups in total. The van der Waals surface area contributed by atoms with E-state index in [9.17, 15) is 0 Å². The fourth-order valence-corrected chi connectivity index (χ4v) is 3.07. The molecule has 0 saturated carbocycles. The van der Waals surface area contributed by atoms with Crippen molar-refractivity contribution in [2.75, 3.05) is 44.6 Å². The molecule has 1 heterocycles. The Bertz CT molecular complexity index is 167. The number of nitrogens with zero attached hydrogens (tertiary/aromatic N) is 2.